The van der Waals surface area contributed by atoms with Crippen molar-refractivity contribution >= 4 is 22.8 Å². The molecule has 2 amide bonds. The van der Waals surface area contributed by atoms with Gasteiger partial charge in [0.25, 0.3) is 6.43 Å². The van der Waals surface area contributed by atoms with E-state index in [0.29, 0.717) is 0 Å². The Morgan fingerprint density at radius 2 is 2.04 bits per heavy atom. The van der Waals surface area contributed by atoms with Crippen LogP contribution in [-0.2, 0) is 6.61 Å². The molecule has 0 bridgehead atoms. The number of aliphatic hydroxyl groups excluding tert-OH is 1. The van der Waals surface area contributed by atoms with Crippen LogP contribution in [0.1, 0.15) is 36.3 Å². The standard InChI is InChI=1S/C17H17F2N5O2/c1-9(10-5-3-2-4-6-10)20-17(26)22-13-7-11-14(12(8-25)21-13)15(16(18)19)24-23-11/h2-7,9,16,25H,8H2,1H3,(H,23,24)(H2,20,21,22,26)/t9-/m1/s1. The number of aromatic amines is 1. The summed E-state index contributed by atoms with van der Waals surface area (Å²) in [5, 5.41) is 20.8. The van der Waals surface area contributed by atoms with Gasteiger partial charge >= 0.3 is 6.03 Å². The van der Waals surface area contributed by atoms with Gasteiger partial charge in [-0.25, -0.2) is 18.6 Å². The zero-order valence-electron chi connectivity index (χ0n) is 13.8. The summed E-state index contributed by atoms with van der Waals surface area (Å²) in [5.41, 5.74) is 0.714. The first-order valence-electron chi connectivity index (χ1n) is 7.89. The summed E-state index contributed by atoms with van der Waals surface area (Å²) in [6.07, 6.45) is -2.80. The molecule has 0 saturated carbocycles. The van der Waals surface area contributed by atoms with Crippen molar-refractivity contribution in [1.82, 2.24) is 20.5 Å². The lowest BCUT2D eigenvalue weighted by atomic mass is 10.1. The van der Waals surface area contributed by atoms with E-state index in [1.54, 1.807) is 0 Å². The number of hydrogen-bond donors (Lipinski definition) is 4. The third-order valence-electron chi connectivity index (χ3n) is 3.89. The molecule has 2 heterocycles. The minimum absolute atomic E-state index is 0.0120. The second kappa shape index (κ2) is 7.44. The number of aromatic nitrogens is 3. The summed E-state index contributed by atoms with van der Waals surface area (Å²) in [5.74, 6) is 0.115. The maximum atomic E-state index is 13.0. The summed E-state index contributed by atoms with van der Waals surface area (Å²) in [4.78, 5) is 16.2. The Hall–Kier alpha value is -3.07. The van der Waals surface area contributed by atoms with Crippen LogP contribution >= 0.6 is 0 Å². The maximum absolute atomic E-state index is 13.0. The quantitative estimate of drug-likeness (QED) is 0.560. The molecule has 0 radical (unpaired) electrons. The number of nitrogens with one attached hydrogen (secondary N) is 3. The molecule has 0 aliphatic carbocycles. The van der Waals surface area contributed by atoms with E-state index < -0.39 is 24.8 Å². The Balaban J connectivity index is 1.79. The van der Waals surface area contributed by atoms with Gasteiger partial charge in [-0.15, -0.1) is 0 Å². The molecule has 0 unspecified atom stereocenters. The topological polar surface area (TPSA) is 103 Å². The molecular weight excluding hydrogens is 344 g/mol. The molecule has 9 heteroatoms. The Labute approximate surface area is 147 Å². The fourth-order valence-corrected chi connectivity index (χ4v) is 2.66. The van der Waals surface area contributed by atoms with Gasteiger partial charge in [-0.2, -0.15) is 5.10 Å². The van der Waals surface area contributed by atoms with Gasteiger partial charge in [-0.3, -0.25) is 10.4 Å². The number of benzene rings is 1. The number of halogens is 2. The summed E-state index contributed by atoms with van der Waals surface area (Å²) in [6, 6.07) is 10.0. The van der Waals surface area contributed by atoms with E-state index in [1.165, 1.54) is 6.07 Å². The number of carbonyl (C=O) groups excluding carboxylic acids is 1. The Morgan fingerprint density at radius 1 is 1.31 bits per heavy atom. The first-order valence-corrected chi connectivity index (χ1v) is 7.89. The van der Waals surface area contributed by atoms with Crippen molar-refractivity contribution in [2.24, 2.45) is 0 Å². The van der Waals surface area contributed by atoms with E-state index in [4.69, 9.17) is 0 Å². The summed E-state index contributed by atoms with van der Waals surface area (Å²) >= 11 is 0. The largest absolute Gasteiger partial charge is 0.390 e. The van der Waals surface area contributed by atoms with Gasteiger partial charge in [0.05, 0.1) is 29.2 Å². The van der Waals surface area contributed by atoms with Gasteiger partial charge in [0, 0.05) is 6.07 Å². The third kappa shape index (κ3) is 3.62. The molecule has 0 fully saturated rings. The first kappa shape index (κ1) is 17.7. The highest BCUT2D eigenvalue weighted by molar-refractivity contribution is 5.92. The summed E-state index contributed by atoms with van der Waals surface area (Å²) in [7, 11) is 0. The Kier molecular flexibility index (Phi) is 5.08. The number of pyridine rings is 1. The second-order valence-electron chi connectivity index (χ2n) is 5.68. The van der Waals surface area contributed by atoms with E-state index in [-0.39, 0.29) is 28.5 Å². The van der Waals surface area contributed by atoms with Gasteiger partial charge in [-0.1, -0.05) is 30.3 Å². The van der Waals surface area contributed by atoms with Crippen LogP contribution in [0.15, 0.2) is 36.4 Å². The lowest BCUT2D eigenvalue weighted by Gasteiger charge is -2.15. The summed E-state index contributed by atoms with van der Waals surface area (Å²) < 4.78 is 26.0. The lowest BCUT2D eigenvalue weighted by Crippen LogP contribution is -2.31. The molecule has 0 saturated heterocycles. The SMILES string of the molecule is C[C@@H](NC(=O)Nc1cc2[nH]nc(C(F)F)c2c(CO)n1)c1ccccc1. The number of aliphatic hydroxyl groups is 1. The van der Waals surface area contributed by atoms with Crippen LogP contribution in [0.4, 0.5) is 19.4 Å². The molecule has 7 nitrogen and oxygen atoms in total. The minimum atomic E-state index is -2.80. The van der Waals surface area contributed by atoms with Crippen molar-refractivity contribution < 1.29 is 18.7 Å². The molecule has 0 spiro atoms. The Morgan fingerprint density at radius 3 is 2.69 bits per heavy atom. The van der Waals surface area contributed by atoms with Gasteiger partial charge in [-0.05, 0) is 12.5 Å². The number of anilines is 1. The van der Waals surface area contributed by atoms with Crippen LogP contribution < -0.4 is 10.6 Å². The number of urea groups is 1. The van der Waals surface area contributed by atoms with Gasteiger partial charge in [0.15, 0.2) is 0 Å². The molecule has 1 atom stereocenters. The van der Waals surface area contributed by atoms with E-state index in [0.717, 1.165) is 5.56 Å². The van der Waals surface area contributed by atoms with Crippen molar-refractivity contribution in [2.75, 3.05) is 5.32 Å². The average Bonchev–Trinajstić information content (AvgIpc) is 3.05. The fraction of sp³-hybridized carbons (Fsp3) is 0.235. The molecule has 0 aliphatic rings. The van der Waals surface area contributed by atoms with Crippen molar-refractivity contribution in [1.29, 1.82) is 0 Å². The van der Waals surface area contributed by atoms with Crippen LogP contribution in [0.2, 0.25) is 0 Å². The monoisotopic (exact) mass is 361 g/mol. The van der Waals surface area contributed by atoms with Crippen LogP contribution in [0, 0.1) is 0 Å². The fourth-order valence-electron chi connectivity index (χ4n) is 2.66. The highest BCUT2D eigenvalue weighted by Crippen LogP contribution is 2.29. The number of fused-ring (bicyclic) bond motifs is 1. The van der Waals surface area contributed by atoms with E-state index in [2.05, 4.69) is 25.8 Å². The van der Waals surface area contributed by atoms with Crippen molar-refractivity contribution in [2.45, 2.75) is 26.0 Å². The van der Waals surface area contributed by atoms with Gasteiger partial charge in [0.2, 0.25) is 0 Å². The van der Waals surface area contributed by atoms with Gasteiger partial charge < -0.3 is 10.4 Å². The van der Waals surface area contributed by atoms with E-state index in [9.17, 15) is 18.7 Å². The molecule has 136 valence electrons. The molecular formula is C17H17F2N5O2. The van der Waals surface area contributed by atoms with Crippen LogP contribution in [0.3, 0.4) is 0 Å². The van der Waals surface area contributed by atoms with Crippen molar-refractivity contribution in [3.05, 3.63) is 53.3 Å². The number of nitrogens with zero attached hydrogens (tertiary/aromatic N) is 2. The van der Waals surface area contributed by atoms with E-state index >= 15 is 0 Å². The Bertz CT molecular complexity index is 914. The number of rotatable bonds is 5. The van der Waals surface area contributed by atoms with Crippen LogP contribution in [0.25, 0.3) is 10.9 Å². The van der Waals surface area contributed by atoms with E-state index in [1.807, 2.05) is 37.3 Å². The zero-order chi connectivity index (χ0) is 18.7. The molecule has 2 aromatic heterocycles. The molecule has 26 heavy (non-hydrogen) atoms. The highest BCUT2D eigenvalue weighted by Gasteiger charge is 2.20. The highest BCUT2D eigenvalue weighted by atomic mass is 19.3. The predicted molar refractivity (Wildman–Crippen MR) is 91.8 cm³/mol. The normalized spacial score (nSPS) is 12.3. The number of H-pyrrole nitrogens is 1. The predicted octanol–water partition coefficient (Wildman–Crippen LogP) is 3.27. The number of alkyl halides is 2. The molecule has 1 aromatic carbocycles. The third-order valence-corrected chi connectivity index (χ3v) is 3.89. The first-order chi connectivity index (χ1) is 12.5. The van der Waals surface area contributed by atoms with Gasteiger partial charge in [0.1, 0.15) is 11.5 Å². The maximum Gasteiger partial charge on any atom is 0.320 e. The number of hydrogen-bond acceptors (Lipinski definition) is 4. The van der Waals surface area contributed by atoms with Crippen LogP contribution in [0.5, 0.6) is 0 Å². The minimum Gasteiger partial charge on any atom is -0.390 e. The molecule has 0 aliphatic heterocycles. The van der Waals surface area contributed by atoms with Crippen molar-refractivity contribution in [3.8, 4) is 0 Å². The molecule has 4 N–H and O–H groups in total. The molecule has 3 rings (SSSR count). The molecule has 3 aromatic rings. The van der Waals surface area contributed by atoms with Crippen molar-refractivity contribution in [3.63, 3.8) is 0 Å². The smallest absolute Gasteiger partial charge is 0.320 e. The number of carbonyl (C=O) groups is 1. The van der Waals surface area contributed by atoms with Crippen LogP contribution in [-0.4, -0.2) is 26.3 Å². The zero-order valence-corrected chi connectivity index (χ0v) is 13.8. The second-order valence-corrected chi connectivity index (χ2v) is 5.68. The average molecular weight is 361 g/mol. The lowest BCUT2D eigenvalue weighted by molar-refractivity contribution is 0.147. The number of amides is 2. The summed E-state index contributed by atoms with van der Waals surface area (Å²) in [6.45, 7) is 1.27.